The van der Waals surface area contributed by atoms with Crippen molar-refractivity contribution in [1.82, 2.24) is 34.3 Å². The van der Waals surface area contributed by atoms with E-state index in [9.17, 15) is 0 Å². The second-order valence-corrected chi connectivity index (χ2v) is 10.4. The Kier molecular flexibility index (Phi) is 5.22. The Labute approximate surface area is 208 Å². The number of H-pyrrole nitrogens is 1. The minimum Gasteiger partial charge on any atom is -0.453 e. The summed E-state index contributed by atoms with van der Waals surface area (Å²) in [6.45, 7) is 10.1. The second kappa shape index (κ2) is 8.34. The van der Waals surface area contributed by atoms with Crippen LogP contribution in [0.15, 0.2) is 36.8 Å². The topological polar surface area (TPSA) is 108 Å². The van der Waals surface area contributed by atoms with E-state index in [2.05, 4.69) is 57.9 Å². The van der Waals surface area contributed by atoms with Crippen molar-refractivity contribution in [3.05, 3.63) is 48.0 Å². The largest absolute Gasteiger partial charge is 0.453 e. The van der Waals surface area contributed by atoms with E-state index >= 15 is 0 Å². The molecule has 5 aromatic heterocycles. The Balaban J connectivity index is 1.30. The SMILES string of the molecule is Cc1cnc2[nH]cc(Oc3cnc4nc(Nc5cc(C(C)(C)C)n([C@H]6CCOC6)n5)n(C)c4c3)c2c1. The van der Waals surface area contributed by atoms with Crippen molar-refractivity contribution in [2.45, 2.75) is 45.6 Å². The maximum Gasteiger partial charge on any atom is 0.210 e. The predicted octanol–water partition coefficient (Wildman–Crippen LogP) is 5.14. The first-order valence-electron chi connectivity index (χ1n) is 12.1. The number of rotatable bonds is 5. The Morgan fingerprint density at radius 2 is 2.03 bits per heavy atom. The number of aromatic nitrogens is 7. The van der Waals surface area contributed by atoms with Crippen LogP contribution >= 0.6 is 0 Å². The number of hydrogen-bond acceptors (Lipinski definition) is 7. The number of ether oxygens (including phenoxy) is 2. The van der Waals surface area contributed by atoms with Crippen LogP contribution in [0.1, 0.15) is 44.5 Å². The summed E-state index contributed by atoms with van der Waals surface area (Å²) >= 11 is 0. The molecule has 1 aliphatic heterocycles. The van der Waals surface area contributed by atoms with Gasteiger partial charge in [0.15, 0.2) is 17.2 Å². The molecule has 0 spiro atoms. The number of fused-ring (bicyclic) bond motifs is 2. The minimum absolute atomic E-state index is 0.0495. The average molecular weight is 487 g/mol. The first-order chi connectivity index (χ1) is 17.3. The minimum atomic E-state index is -0.0495. The lowest BCUT2D eigenvalue weighted by Gasteiger charge is -2.22. The number of imidazole rings is 1. The van der Waals surface area contributed by atoms with Gasteiger partial charge in [-0.15, -0.1) is 0 Å². The average Bonchev–Trinajstić information content (AvgIpc) is 3.62. The van der Waals surface area contributed by atoms with Crippen molar-refractivity contribution in [1.29, 1.82) is 0 Å². The Morgan fingerprint density at radius 1 is 1.17 bits per heavy atom. The Bertz CT molecular complexity index is 1570. The van der Waals surface area contributed by atoms with Gasteiger partial charge in [0, 0.05) is 49.3 Å². The molecule has 10 nitrogen and oxygen atoms in total. The Hall–Kier alpha value is -3.92. The molecule has 6 heterocycles. The number of nitrogens with one attached hydrogen (secondary N) is 2. The van der Waals surface area contributed by atoms with Gasteiger partial charge >= 0.3 is 0 Å². The van der Waals surface area contributed by atoms with E-state index in [0.717, 1.165) is 46.7 Å². The molecule has 2 N–H and O–H groups in total. The number of aryl methyl sites for hydroxylation is 2. The van der Waals surface area contributed by atoms with Crippen LogP contribution in [0.5, 0.6) is 11.5 Å². The summed E-state index contributed by atoms with van der Waals surface area (Å²) in [5, 5.41) is 9.22. The number of aromatic amines is 1. The van der Waals surface area contributed by atoms with E-state index in [4.69, 9.17) is 19.6 Å². The van der Waals surface area contributed by atoms with Crippen molar-refractivity contribution in [2.24, 2.45) is 7.05 Å². The maximum atomic E-state index is 6.17. The zero-order valence-electron chi connectivity index (χ0n) is 21.2. The molecular formula is C26H30N8O2. The number of hydrogen-bond donors (Lipinski definition) is 2. The predicted molar refractivity (Wildman–Crippen MR) is 138 cm³/mol. The summed E-state index contributed by atoms with van der Waals surface area (Å²) in [6.07, 6.45) is 6.30. The van der Waals surface area contributed by atoms with E-state index in [-0.39, 0.29) is 11.5 Å². The quantitative estimate of drug-likeness (QED) is 0.354. The van der Waals surface area contributed by atoms with Gasteiger partial charge in [0.1, 0.15) is 11.4 Å². The molecule has 0 amide bonds. The van der Waals surface area contributed by atoms with Crippen LogP contribution in [0.2, 0.25) is 0 Å². The zero-order valence-corrected chi connectivity index (χ0v) is 21.2. The van der Waals surface area contributed by atoms with Gasteiger partial charge in [-0.05, 0) is 25.0 Å². The van der Waals surface area contributed by atoms with Crippen molar-refractivity contribution in [2.75, 3.05) is 18.5 Å². The fourth-order valence-electron chi connectivity index (χ4n) is 4.64. The first-order valence-corrected chi connectivity index (χ1v) is 12.1. The molecule has 36 heavy (non-hydrogen) atoms. The molecule has 1 atom stereocenters. The zero-order chi connectivity index (χ0) is 25.0. The van der Waals surface area contributed by atoms with E-state index in [0.29, 0.717) is 29.7 Å². The lowest BCUT2D eigenvalue weighted by Crippen LogP contribution is -2.22. The Morgan fingerprint density at radius 3 is 2.81 bits per heavy atom. The normalized spacial score (nSPS) is 16.3. The van der Waals surface area contributed by atoms with E-state index in [1.54, 1.807) is 6.20 Å². The molecule has 0 saturated carbocycles. The highest BCUT2D eigenvalue weighted by molar-refractivity contribution is 5.84. The molecule has 0 aliphatic carbocycles. The van der Waals surface area contributed by atoms with Crippen LogP contribution in [-0.4, -0.2) is 47.5 Å². The smallest absolute Gasteiger partial charge is 0.210 e. The van der Waals surface area contributed by atoms with Crippen LogP contribution in [0.3, 0.4) is 0 Å². The van der Waals surface area contributed by atoms with Gasteiger partial charge in [-0.25, -0.2) is 9.97 Å². The number of anilines is 2. The van der Waals surface area contributed by atoms with Crippen molar-refractivity contribution in [3.63, 3.8) is 0 Å². The van der Waals surface area contributed by atoms with Gasteiger partial charge in [-0.2, -0.15) is 10.1 Å². The molecule has 1 aliphatic rings. The van der Waals surface area contributed by atoms with Crippen molar-refractivity contribution in [3.8, 4) is 11.5 Å². The van der Waals surface area contributed by atoms with Gasteiger partial charge in [0.2, 0.25) is 5.95 Å². The monoisotopic (exact) mass is 486 g/mol. The third-order valence-corrected chi connectivity index (χ3v) is 6.57. The summed E-state index contributed by atoms with van der Waals surface area (Å²) in [6, 6.07) is 6.35. The first kappa shape index (κ1) is 22.5. The van der Waals surface area contributed by atoms with E-state index in [1.807, 2.05) is 37.0 Å². The highest BCUT2D eigenvalue weighted by Gasteiger charge is 2.28. The van der Waals surface area contributed by atoms with Gasteiger partial charge in [0.25, 0.3) is 0 Å². The molecule has 0 unspecified atom stereocenters. The summed E-state index contributed by atoms with van der Waals surface area (Å²) in [5.74, 6) is 2.75. The number of pyridine rings is 2. The maximum absolute atomic E-state index is 6.17. The van der Waals surface area contributed by atoms with Gasteiger partial charge in [-0.1, -0.05) is 20.8 Å². The molecule has 186 valence electrons. The van der Waals surface area contributed by atoms with Crippen LogP contribution in [-0.2, 0) is 17.2 Å². The van der Waals surface area contributed by atoms with Crippen LogP contribution in [0.4, 0.5) is 11.8 Å². The van der Waals surface area contributed by atoms with Crippen LogP contribution in [0.25, 0.3) is 22.2 Å². The van der Waals surface area contributed by atoms with Gasteiger partial charge < -0.3 is 24.3 Å². The summed E-state index contributed by atoms with van der Waals surface area (Å²) < 4.78 is 15.9. The fraction of sp³-hybridized carbons (Fsp3) is 0.385. The third kappa shape index (κ3) is 3.97. The molecule has 0 bridgehead atoms. The summed E-state index contributed by atoms with van der Waals surface area (Å²) in [7, 11) is 1.95. The second-order valence-electron chi connectivity index (χ2n) is 10.4. The van der Waals surface area contributed by atoms with Gasteiger partial charge in [-0.3, -0.25) is 4.68 Å². The lowest BCUT2D eigenvalue weighted by atomic mass is 9.91. The molecule has 5 aromatic rings. The van der Waals surface area contributed by atoms with Crippen molar-refractivity contribution >= 4 is 34.0 Å². The third-order valence-electron chi connectivity index (χ3n) is 6.57. The van der Waals surface area contributed by atoms with Crippen LogP contribution in [0, 0.1) is 6.92 Å². The fourth-order valence-corrected chi connectivity index (χ4v) is 4.64. The van der Waals surface area contributed by atoms with Crippen LogP contribution < -0.4 is 10.1 Å². The van der Waals surface area contributed by atoms with E-state index < -0.39 is 0 Å². The molecule has 1 saturated heterocycles. The van der Waals surface area contributed by atoms with E-state index in [1.165, 1.54) is 0 Å². The lowest BCUT2D eigenvalue weighted by molar-refractivity contribution is 0.183. The highest BCUT2D eigenvalue weighted by Crippen LogP contribution is 2.33. The molecule has 10 heteroatoms. The standard InChI is InChI=1S/C26H30N8O2/c1-15-8-18-20(13-29-23(18)27-11-15)36-17-9-19-24(28-12-17)31-25(33(19)5)30-22-10-21(26(2,3)4)34(32-22)16-6-7-35-14-16/h8-13,16H,6-7,14H2,1-5H3,(H,27,29)(H,28,30,31,32)/t16-/m0/s1. The highest BCUT2D eigenvalue weighted by atomic mass is 16.5. The summed E-state index contributed by atoms with van der Waals surface area (Å²) in [5.41, 5.74) is 4.45. The van der Waals surface area contributed by atoms with Crippen molar-refractivity contribution < 1.29 is 9.47 Å². The molecule has 6 rings (SSSR count). The summed E-state index contributed by atoms with van der Waals surface area (Å²) in [4.78, 5) is 16.8. The molecule has 0 radical (unpaired) electrons. The molecule has 1 fully saturated rings. The molecular weight excluding hydrogens is 456 g/mol. The molecule has 0 aromatic carbocycles. The van der Waals surface area contributed by atoms with Gasteiger partial charge in [0.05, 0.1) is 29.7 Å². The number of nitrogens with zero attached hydrogens (tertiary/aromatic N) is 6.